The van der Waals surface area contributed by atoms with Crippen molar-refractivity contribution in [3.05, 3.63) is 18.2 Å². The third kappa shape index (κ3) is 6.73. The maximum atomic E-state index is 5.52. The van der Waals surface area contributed by atoms with Gasteiger partial charge in [-0.3, -0.25) is 0 Å². The van der Waals surface area contributed by atoms with Gasteiger partial charge in [0.05, 0.1) is 12.0 Å². The van der Waals surface area contributed by atoms with Crippen LogP contribution in [0.4, 0.5) is 0 Å². The molecular formula is C15H30N4. The summed E-state index contributed by atoms with van der Waals surface area (Å²) in [6.45, 7) is 10.3. The molecule has 110 valence electrons. The van der Waals surface area contributed by atoms with Gasteiger partial charge < -0.3 is 15.6 Å². The zero-order chi connectivity index (χ0) is 14.1. The summed E-state index contributed by atoms with van der Waals surface area (Å²) >= 11 is 0. The van der Waals surface area contributed by atoms with Crippen LogP contribution >= 0.6 is 0 Å². The van der Waals surface area contributed by atoms with Crippen LogP contribution in [0.3, 0.4) is 0 Å². The Hall–Kier alpha value is -0.870. The molecule has 0 amide bonds. The first-order chi connectivity index (χ1) is 9.07. The smallest absolute Gasteiger partial charge is 0.0950 e. The first-order valence-electron chi connectivity index (χ1n) is 7.49. The minimum atomic E-state index is 0.370. The molecule has 0 radical (unpaired) electrons. The summed E-state index contributed by atoms with van der Waals surface area (Å²) in [7, 11) is 0. The van der Waals surface area contributed by atoms with E-state index >= 15 is 0 Å². The molecule has 1 rings (SSSR count). The largest absolute Gasteiger partial charge is 0.336 e. The van der Waals surface area contributed by atoms with E-state index in [9.17, 15) is 0 Å². The molecule has 0 unspecified atom stereocenters. The lowest BCUT2D eigenvalue weighted by Crippen LogP contribution is -2.29. The topological polar surface area (TPSA) is 55.9 Å². The van der Waals surface area contributed by atoms with Crippen LogP contribution in [-0.4, -0.2) is 22.6 Å². The second-order valence-corrected chi connectivity index (χ2v) is 6.12. The van der Waals surface area contributed by atoms with Gasteiger partial charge >= 0.3 is 0 Å². The van der Waals surface area contributed by atoms with Crippen LogP contribution < -0.4 is 11.1 Å². The van der Waals surface area contributed by atoms with Crippen molar-refractivity contribution in [1.29, 1.82) is 0 Å². The molecule has 0 aliphatic rings. The van der Waals surface area contributed by atoms with Crippen molar-refractivity contribution in [2.24, 2.45) is 11.1 Å². The summed E-state index contributed by atoms with van der Waals surface area (Å²) in [6.07, 6.45) is 9.18. The van der Waals surface area contributed by atoms with Crippen LogP contribution in [0.25, 0.3) is 0 Å². The number of hydrogen-bond acceptors (Lipinski definition) is 3. The van der Waals surface area contributed by atoms with Gasteiger partial charge in [-0.15, -0.1) is 0 Å². The van der Waals surface area contributed by atoms with Gasteiger partial charge in [-0.1, -0.05) is 40.0 Å². The predicted octanol–water partition coefficient (Wildman–Crippen LogP) is 2.54. The van der Waals surface area contributed by atoms with Crippen molar-refractivity contribution in [3.8, 4) is 0 Å². The number of nitrogens with two attached hydrogens (primary N) is 1. The Morgan fingerprint density at radius 3 is 2.84 bits per heavy atom. The average molecular weight is 266 g/mol. The molecule has 3 N–H and O–H groups in total. The van der Waals surface area contributed by atoms with Crippen LogP contribution in [0.2, 0.25) is 0 Å². The first kappa shape index (κ1) is 16.2. The molecule has 4 heteroatoms. The van der Waals surface area contributed by atoms with E-state index in [2.05, 4.69) is 37.3 Å². The Labute approximate surface area is 117 Å². The second kappa shape index (κ2) is 8.33. The molecule has 0 bridgehead atoms. The number of unbranched alkanes of at least 4 members (excludes halogenated alkanes) is 2. The van der Waals surface area contributed by atoms with Gasteiger partial charge in [0.1, 0.15) is 0 Å². The van der Waals surface area contributed by atoms with Gasteiger partial charge in [0.2, 0.25) is 0 Å². The van der Waals surface area contributed by atoms with E-state index in [0.717, 1.165) is 25.3 Å². The van der Waals surface area contributed by atoms with E-state index in [1.54, 1.807) is 0 Å². The molecular weight excluding hydrogens is 236 g/mol. The van der Waals surface area contributed by atoms with Crippen LogP contribution in [-0.2, 0) is 13.1 Å². The highest BCUT2D eigenvalue weighted by Crippen LogP contribution is 2.22. The average Bonchev–Trinajstić information content (AvgIpc) is 2.77. The normalized spacial score (nSPS) is 12.0. The lowest BCUT2D eigenvalue weighted by atomic mass is 9.87. The van der Waals surface area contributed by atoms with E-state index in [1.807, 2.05) is 10.9 Å². The zero-order valence-electron chi connectivity index (χ0n) is 12.8. The zero-order valence-corrected chi connectivity index (χ0v) is 12.8. The van der Waals surface area contributed by atoms with Gasteiger partial charge in [0.25, 0.3) is 0 Å². The lowest BCUT2D eigenvalue weighted by Gasteiger charge is -2.24. The molecule has 0 saturated carbocycles. The number of nitrogens with one attached hydrogen (secondary N) is 1. The third-order valence-corrected chi connectivity index (χ3v) is 3.44. The van der Waals surface area contributed by atoms with Gasteiger partial charge in [-0.05, 0) is 11.8 Å². The highest BCUT2D eigenvalue weighted by molar-refractivity contribution is 4.96. The summed E-state index contributed by atoms with van der Waals surface area (Å²) in [6, 6.07) is 0. The molecule has 19 heavy (non-hydrogen) atoms. The number of imidazole rings is 1. The standard InChI is InChI=1S/C15H30N4/c1-4-5-6-7-15(2,3)12-17-10-14-11-19(9-8-16)13-18-14/h11,13,17H,4-10,12,16H2,1-3H3. The number of aromatic nitrogens is 2. The van der Waals surface area contributed by atoms with E-state index < -0.39 is 0 Å². The van der Waals surface area contributed by atoms with E-state index in [-0.39, 0.29) is 0 Å². The summed E-state index contributed by atoms with van der Waals surface area (Å²) in [5.74, 6) is 0. The van der Waals surface area contributed by atoms with Gasteiger partial charge in [-0.2, -0.15) is 0 Å². The van der Waals surface area contributed by atoms with Gasteiger partial charge in [0.15, 0.2) is 0 Å². The minimum absolute atomic E-state index is 0.370. The highest BCUT2D eigenvalue weighted by atomic mass is 15.0. The minimum Gasteiger partial charge on any atom is -0.336 e. The maximum Gasteiger partial charge on any atom is 0.0950 e. The lowest BCUT2D eigenvalue weighted by molar-refractivity contribution is 0.301. The van der Waals surface area contributed by atoms with Crippen LogP contribution in [0.15, 0.2) is 12.5 Å². The molecule has 4 nitrogen and oxygen atoms in total. The summed E-state index contributed by atoms with van der Waals surface area (Å²) in [4.78, 5) is 4.37. The Kier molecular flexibility index (Phi) is 7.10. The molecule has 0 saturated heterocycles. The number of nitrogens with zero attached hydrogens (tertiary/aromatic N) is 2. The molecule has 0 aliphatic carbocycles. The quantitative estimate of drug-likeness (QED) is 0.640. The van der Waals surface area contributed by atoms with Crippen molar-refractivity contribution in [3.63, 3.8) is 0 Å². The van der Waals surface area contributed by atoms with Gasteiger partial charge in [-0.25, -0.2) is 4.98 Å². The summed E-state index contributed by atoms with van der Waals surface area (Å²) in [5.41, 5.74) is 6.99. The Balaban J connectivity index is 2.24. The maximum absolute atomic E-state index is 5.52. The molecule has 1 aromatic heterocycles. The molecule has 1 heterocycles. The van der Waals surface area contributed by atoms with E-state index in [0.29, 0.717) is 12.0 Å². The monoisotopic (exact) mass is 266 g/mol. The van der Waals surface area contributed by atoms with Crippen molar-refractivity contribution >= 4 is 0 Å². The number of hydrogen-bond donors (Lipinski definition) is 2. The fraction of sp³-hybridized carbons (Fsp3) is 0.800. The second-order valence-electron chi connectivity index (χ2n) is 6.12. The van der Waals surface area contributed by atoms with Crippen molar-refractivity contribution in [2.75, 3.05) is 13.1 Å². The van der Waals surface area contributed by atoms with E-state index in [4.69, 9.17) is 5.73 Å². The highest BCUT2D eigenvalue weighted by Gasteiger charge is 2.16. The van der Waals surface area contributed by atoms with Crippen molar-refractivity contribution < 1.29 is 0 Å². The third-order valence-electron chi connectivity index (χ3n) is 3.44. The fourth-order valence-corrected chi connectivity index (χ4v) is 2.24. The number of rotatable bonds is 10. The molecule has 0 fully saturated rings. The molecule has 0 spiro atoms. The van der Waals surface area contributed by atoms with Gasteiger partial charge in [0, 0.05) is 32.4 Å². The Morgan fingerprint density at radius 1 is 1.37 bits per heavy atom. The van der Waals surface area contributed by atoms with Crippen LogP contribution in [0.5, 0.6) is 0 Å². The Bertz CT molecular complexity index is 344. The van der Waals surface area contributed by atoms with Crippen molar-refractivity contribution in [2.45, 2.75) is 59.5 Å². The van der Waals surface area contributed by atoms with E-state index in [1.165, 1.54) is 25.7 Å². The van der Waals surface area contributed by atoms with Crippen LogP contribution in [0, 0.1) is 5.41 Å². The molecule has 0 atom stereocenters. The molecule has 1 aromatic rings. The summed E-state index contributed by atoms with van der Waals surface area (Å²) < 4.78 is 2.05. The van der Waals surface area contributed by atoms with Crippen molar-refractivity contribution in [1.82, 2.24) is 14.9 Å². The SMILES string of the molecule is CCCCCC(C)(C)CNCc1cn(CCN)cn1. The Morgan fingerprint density at radius 2 is 2.16 bits per heavy atom. The molecule has 0 aliphatic heterocycles. The molecule has 0 aromatic carbocycles. The fourth-order valence-electron chi connectivity index (χ4n) is 2.24. The first-order valence-corrected chi connectivity index (χ1v) is 7.49. The van der Waals surface area contributed by atoms with Crippen LogP contribution in [0.1, 0.15) is 52.1 Å². The predicted molar refractivity (Wildman–Crippen MR) is 80.9 cm³/mol. The summed E-state index contributed by atoms with van der Waals surface area (Å²) in [5, 5.41) is 3.52.